The number of hydrogen-bond donors (Lipinski definition) is 2. The lowest BCUT2D eigenvalue weighted by atomic mass is 9.96. The number of nitrogens with zero attached hydrogens (tertiary/aromatic N) is 2. The van der Waals surface area contributed by atoms with E-state index in [1.807, 2.05) is 30.3 Å². The number of piperidine rings is 1. The first-order valence-corrected chi connectivity index (χ1v) is 8.92. The molecular weight excluding hydrogens is 332 g/mol. The Morgan fingerprint density at radius 2 is 1.96 bits per heavy atom. The molecule has 7 heteroatoms. The number of benzene rings is 1. The zero-order valence-corrected chi connectivity index (χ0v) is 14.9. The predicted octanol–water partition coefficient (Wildman–Crippen LogP) is 2.59. The summed E-state index contributed by atoms with van der Waals surface area (Å²) in [5, 5.41) is 9.49. The molecule has 7 nitrogen and oxygen atoms in total. The molecule has 0 aliphatic carbocycles. The van der Waals surface area contributed by atoms with Crippen molar-refractivity contribution in [2.75, 3.05) is 25.0 Å². The fraction of sp³-hybridized carbons (Fsp3) is 0.421. The van der Waals surface area contributed by atoms with Gasteiger partial charge in [0.1, 0.15) is 5.76 Å². The fourth-order valence-electron chi connectivity index (χ4n) is 3.07. The average molecular weight is 356 g/mol. The number of likely N-dealkylation sites (tertiary alicyclic amines) is 1. The van der Waals surface area contributed by atoms with Crippen molar-refractivity contribution >= 4 is 17.8 Å². The predicted molar refractivity (Wildman–Crippen MR) is 97.7 cm³/mol. The lowest BCUT2D eigenvalue weighted by Gasteiger charge is -2.31. The molecule has 1 aromatic carbocycles. The topological polar surface area (TPSA) is 87.5 Å². The van der Waals surface area contributed by atoms with Crippen LogP contribution in [0.3, 0.4) is 0 Å². The Balaban J connectivity index is 1.38. The van der Waals surface area contributed by atoms with Crippen molar-refractivity contribution in [3.05, 3.63) is 47.7 Å². The van der Waals surface area contributed by atoms with Gasteiger partial charge in [0.2, 0.25) is 5.91 Å². The first kappa shape index (κ1) is 18.0. The first-order valence-electron chi connectivity index (χ1n) is 8.92. The van der Waals surface area contributed by atoms with Crippen LogP contribution in [0.2, 0.25) is 0 Å². The Bertz CT molecular complexity index is 736. The zero-order valence-electron chi connectivity index (χ0n) is 14.9. The number of amides is 3. The minimum atomic E-state index is -0.111. The molecule has 3 amide bonds. The number of aromatic nitrogens is 1. The molecule has 0 saturated carbocycles. The Hall–Kier alpha value is -2.83. The summed E-state index contributed by atoms with van der Waals surface area (Å²) in [4.78, 5) is 26.3. The van der Waals surface area contributed by atoms with Crippen LogP contribution in [0.15, 0.2) is 40.9 Å². The van der Waals surface area contributed by atoms with Gasteiger partial charge in [-0.15, -0.1) is 0 Å². The molecule has 1 fully saturated rings. The fourth-order valence-corrected chi connectivity index (χ4v) is 3.07. The summed E-state index contributed by atoms with van der Waals surface area (Å²) in [6, 6.07) is 11.7. The van der Waals surface area contributed by atoms with Crippen LogP contribution in [0.1, 0.15) is 24.2 Å². The van der Waals surface area contributed by atoms with Gasteiger partial charge in [-0.05, 0) is 31.7 Å². The largest absolute Gasteiger partial charge is 0.360 e. The third-order valence-corrected chi connectivity index (χ3v) is 4.56. The molecule has 2 heterocycles. The van der Waals surface area contributed by atoms with E-state index in [2.05, 4.69) is 15.8 Å². The highest BCUT2D eigenvalue weighted by atomic mass is 16.5. The molecule has 0 radical (unpaired) electrons. The third-order valence-electron chi connectivity index (χ3n) is 4.56. The summed E-state index contributed by atoms with van der Waals surface area (Å²) >= 11 is 0. The molecule has 0 atom stereocenters. The molecule has 0 bridgehead atoms. The Kier molecular flexibility index (Phi) is 5.88. The maximum Gasteiger partial charge on any atom is 0.317 e. The van der Waals surface area contributed by atoms with E-state index in [9.17, 15) is 9.59 Å². The highest BCUT2D eigenvalue weighted by molar-refractivity contribution is 5.91. The van der Waals surface area contributed by atoms with Crippen molar-refractivity contribution in [2.45, 2.75) is 26.2 Å². The summed E-state index contributed by atoms with van der Waals surface area (Å²) in [5.74, 6) is 0.915. The van der Waals surface area contributed by atoms with Crippen molar-refractivity contribution in [1.82, 2.24) is 15.4 Å². The zero-order chi connectivity index (χ0) is 18.4. The molecule has 0 spiro atoms. The molecule has 26 heavy (non-hydrogen) atoms. The number of hydrogen-bond acceptors (Lipinski definition) is 4. The van der Waals surface area contributed by atoms with Gasteiger partial charge in [-0.25, -0.2) is 4.79 Å². The lowest BCUT2D eigenvalue weighted by Crippen LogP contribution is -2.46. The van der Waals surface area contributed by atoms with Crippen LogP contribution in [0.4, 0.5) is 10.6 Å². The van der Waals surface area contributed by atoms with Crippen LogP contribution in [-0.2, 0) is 11.2 Å². The molecule has 2 aromatic rings. The van der Waals surface area contributed by atoms with E-state index < -0.39 is 0 Å². The van der Waals surface area contributed by atoms with E-state index in [1.54, 1.807) is 17.9 Å². The van der Waals surface area contributed by atoms with Gasteiger partial charge in [0.05, 0.1) is 0 Å². The number of anilines is 1. The molecule has 138 valence electrons. The summed E-state index contributed by atoms with van der Waals surface area (Å²) in [6.07, 6.45) is 2.10. The van der Waals surface area contributed by atoms with Crippen molar-refractivity contribution < 1.29 is 14.1 Å². The van der Waals surface area contributed by atoms with Gasteiger partial charge < -0.3 is 20.1 Å². The summed E-state index contributed by atoms with van der Waals surface area (Å²) in [6.45, 7) is 3.53. The van der Waals surface area contributed by atoms with Gasteiger partial charge in [-0.1, -0.05) is 35.5 Å². The summed E-state index contributed by atoms with van der Waals surface area (Å²) in [5.41, 5.74) is 1.20. The van der Waals surface area contributed by atoms with Crippen LogP contribution >= 0.6 is 0 Å². The van der Waals surface area contributed by atoms with Gasteiger partial charge in [-0.3, -0.25) is 4.79 Å². The van der Waals surface area contributed by atoms with E-state index >= 15 is 0 Å². The summed E-state index contributed by atoms with van der Waals surface area (Å²) < 4.78 is 4.94. The van der Waals surface area contributed by atoms with Crippen molar-refractivity contribution in [1.29, 1.82) is 0 Å². The minimum Gasteiger partial charge on any atom is -0.360 e. The van der Waals surface area contributed by atoms with Gasteiger partial charge in [-0.2, -0.15) is 0 Å². The second-order valence-electron chi connectivity index (χ2n) is 6.54. The van der Waals surface area contributed by atoms with Gasteiger partial charge in [0.25, 0.3) is 0 Å². The van der Waals surface area contributed by atoms with Crippen molar-refractivity contribution in [3.63, 3.8) is 0 Å². The van der Waals surface area contributed by atoms with Gasteiger partial charge in [0.15, 0.2) is 5.82 Å². The molecule has 2 N–H and O–H groups in total. The van der Waals surface area contributed by atoms with Gasteiger partial charge >= 0.3 is 6.03 Å². The SMILES string of the molecule is Cc1cc(NC(=O)C2CCN(C(=O)NCCc3ccccc3)CC2)no1. The van der Waals surface area contributed by atoms with E-state index in [0.29, 0.717) is 44.1 Å². The highest BCUT2D eigenvalue weighted by Gasteiger charge is 2.27. The Morgan fingerprint density at radius 3 is 2.62 bits per heavy atom. The van der Waals surface area contributed by atoms with E-state index in [0.717, 1.165) is 6.42 Å². The minimum absolute atomic E-state index is 0.0630. The number of rotatable bonds is 5. The van der Waals surface area contributed by atoms with E-state index in [4.69, 9.17) is 4.52 Å². The number of carbonyl (C=O) groups is 2. The van der Waals surface area contributed by atoms with Crippen LogP contribution in [0.25, 0.3) is 0 Å². The molecule has 3 rings (SSSR count). The quantitative estimate of drug-likeness (QED) is 0.862. The van der Waals surface area contributed by atoms with Crippen LogP contribution < -0.4 is 10.6 Å². The average Bonchev–Trinajstić information content (AvgIpc) is 3.07. The van der Waals surface area contributed by atoms with Crippen LogP contribution in [-0.4, -0.2) is 41.6 Å². The highest BCUT2D eigenvalue weighted by Crippen LogP contribution is 2.19. The second kappa shape index (κ2) is 8.51. The maximum atomic E-state index is 12.3. The van der Waals surface area contributed by atoms with Crippen LogP contribution in [0, 0.1) is 12.8 Å². The van der Waals surface area contributed by atoms with E-state index in [1.165, 1.54) is 5.56 Å². The van der Waals surface area contributed by atoms with Crippen molar-refractivity contribution in [3.8, 4) is 0 Å². The third kappa shape index (κ3) is 4.84. The molecule has 0 unspecified atom stereocenters. The normalized spacial score (nSPS) is 14.9. The molecular formula is C19H24N4O3. The number of aryl methyl sites for hydroxylation is 1. The Morgan fingerprint density at radius 1 is 1.23 bits per heavy atom. The smallest absolute Gasteiger partial charge is 0.317 e. The molecule has 1 saturated heterocycles. The number of nitrogens with one attached hydrogen (secondary N) is 2. The molecule has 1 aliphatic rings. The summed E-state index contributed by atoms with van der Waals surface area (Å²) in [7, 11) is 0. The first-order chi connectivity index (χ1) is 12.6. The second-order valence-corrected chi connectivity index (χ2v) is 6.54. The van der Waals surface area contributed by atoms with Gasteiger partial charge in [0, 0.05) is 31.6 Å². The van der Waals surface area contributed by atoms with E-state index in [-0.39, 0.29) is 17.9 Å². The molecule has 1 aliphatic heterocycles. The number of urea groups is 1. The van der Waals surface area contributed by atoms with Crippen LogP contribution in [0.5, 0.6) is 0 Å². The lowest BCUT2D eigenvalue weighted by molar-refractivity contribution is -0.121. The molecule has 1 aromatic heterocycles. The standard InChI is InChI=1S/C19H24N4O3/c1-14-13-17(22-26-14)21-18(24)16-8-11-23(12-9-16)19(25)20-10-7-15-5-3-2-4-6-15/h2-6,13,16H,7-12H2,1H3,(H,20,25)(H,21,22,24). The number of carbonyl (C=O) groups excluding carboxylic acids is 2. The monoisotopic (exact) mass is 356 g/mol. The van der Waals surface area contributed by atoms with Crippen molar-refractivity contribution in [2.24, 2.45) is 5.92 Å². The Labute approximate surface area is 152 Å². The maximum absolute atomic E-state index is 12.3.